The van der Waals surface area contributed by atoms with Gasteiger partial charge in [-0.25, -0.2) is 4.98 Å². The number of aryl methyl sites for hydroxylation is 1. The molecule has 6 nitrogen and oxygen atoms in total. The van der Waals surface area contributed by atoms with Crippen LogP contribution < -0.4 is 5.56 Å². The van der Waals surface area contributed by atoms with E-state index in [9.17, 15) is 14.7 Å². The second-order valence-electron chi connectivity index (χ2n) is 5.70. The van der Waals surface area contributed by atoms with Crippen molar-refractivity contribution in [3.8, 4) is 0 Å². The van der Waals surface area contributed by atoms with Crippen LogP contribution in [0.4, 0.5) is 0 Å². The van der Waals surface area contributed by atoms with Gasteiger partial charge < -0.3 is 10.1 Å². The van der Waals surface area contributed by atoms with Gasteiger partial charge in [-0.05, 0) is 39.4 Å². The van der Waals surface area contributed by atoms with Crippen LogP contribution >= 0.6 is 0 Å². The SMILES string of the molecule is Cc1cccc2c(=O)[nH]c(CN(C)C(C)(C)C(=O)O)nc12. The third-order valence-electron chi connectivity index (χ3n) is 3.85. The molecule has 1 aromatic carbocycles. The zero-order valence-corrected chi connectivity index (χ0v) is 12.6. The Kier molecular flexibility index (Phi) is 3.82. The van der Waals surface area contributed by atoms with Crippen molar-refractivity contribution in [2.45, 2.75) is 32.9 Å². The van der Waals surface area contributed by atoms with Gasteiger partial charge in [-0.15, -0.1) is 0 Å². The van der Waals surface area contributed by atoms with Crippen LogP contribution in [0.3, 0.4) is 0 Å². The van der Waals surface area contributed by atoms with Crippen molar-refractivity contribution in [3.05, 3.63) is 39.9 Å². The lowest BCUT2D eigenvalue weighted by Crippen LogP contribution is -2.47. The molecular weight excluding hydrogens is 270 g/mol. The Morgan fingerprint density at radius 2 is 2.10 bits per heavy atom. The zero-order chi connectivity index (χ0) is 15.8. The number of likely N-dealkylation sites (N-methyl/N-ethyl adjacent to an activating group) is 1. The molecule has 21 heavy (non-hydrogen) atoms. The van der Waals surface area contributed by atoms with E-state index in [1.807, 2.05) is 19.1 Å². The lowest BCUT2D eigenvalue weighted by molar-refractivity contribution is -0.148. The number of aromatic nitrogens is 2. The minimum Gasteiger partial charge on any atom is -0.480 e. The quantitative estimate of drug-likeness (QED) is 0.891. The van der Waals surface area contributed by atoms with Crippen LogP contribution in [0.5, 0.6) is 0 Å². The summed E-state index contributed by atoms with van der Waals surface area (Å²) < 4.78 is 0. The number of H-pyrrole nitrogens is 1. The maximum absolute atomic E-state index is 12.1. The first kappa shape index (κ1) is 15.2. The minimum atomic E-state index is -1.04. The Hall–Kier alpha value is -2.21. The number of aliphatic carboxylic acids is 1. The van der Waals surface area contributed by atoms with Gasteiger partial charge in [-0.2, -0.15) is 0 Å². The summed E-state index contributed by atoms with van der Waals surface area (Å²) in [6, 6.07) is 5.43. The normalized spacial score (nSPS) is 12.0. The van der Waals surface area contributed by atoms with Gasteiger partial charge in [0.1, 0.15) is 11.4 Å². The van der Waals surface area contributed by atoms with E-state index < -0.39 is 11.5 Å². The highest BCUT2D eigenvalue weighted by Crippen LogP contribution is 2.16. The largest absolute Gasteiger partial charge is 0.480 e. The number of nitrogens with zero attached hydrogens (tertiary/aromatic N) is 2. The number of hydrogen-bond acceptors (Lipinski definition) is 4. The van der Waals surface area contributed by atoms with Gasteiger partial charge in [0, 0.05) is 0 Å². The Morgan fingerprint density at radius 3 is 2.71 bits per heavy atom. The van der Waals surface area contributed by atoms with E-state index >= 15 is 0 Å². The standard InChI is InChI=1S/C15H19N3O3/c1-9-6-5-7-10-12(9)16-11(17-13(10)19)8-18(4)15(2,3)14(20)21/h5-7H,8H2,1-4H3,(H,20,21)(H,16,17,19). The molecular formula is C15H19N3O3. The summed E-state index contributed by atoms with van der Waals surface area (Å²) in [5.41, 5.74) is 0.317. The average Bonchev–Trinajstić information content (AvgIpc) is 2.39. The molecule has 1 heterocycles. The molecule has 0 saturated carbocycles. The van der Waals surface area contributed by atoms with Crippen LogP contribution in [-0.2, 0) is 11.3 Å². The van der Waals surface area contributed by atoms with E-state index in [1.165, 1.54) is 0 Å². The molecule has 0 aliphatic rings. The van der Waals surface area contributed by atoms with E-state index in [4.69, 9.17) is 0 Å². The summed E-state index contributed by atoms with van der Waals surface area (Å²) in [7, 11) is 1.69. The van der Waals surface area contributed by atoms with Gasteiger partial charge in [-0.1, -0.05) is 12.1 Å². The summed E-state index contributed by atoms with van der Waals surface area (Å²) >= 11 is 0. The molecule has 0 fully saturated rings. The summed E-state index contributed by atoms with van der Waals surface area (Å²) in [5, 5.41) is 9.77. The van der Waals surface area contributed by atoms with E-state index in [1.54, 1.807) is 31.9 Å². The minimum absolute atomic E-state index is 0.208. The molecule has 6 heteroatoms. The van der Waals surface area contributed by atoms with Crippen LogP contribution in [0.15, 0.2) is 23.0 Å². The number of nitrogens with one attached hydrogen (secondary N) is 1. The molecule has 0 unspecified atom stereocenters. The topological polar surface area (TPSA) is 86.3 Å². The third-order valence-corrected chi connectivity index (χ3v) is 3.85. The highest BCUT2D eigenvalue weighted by molar-refractivity contribution is 5.80. The van der Waals surface area contributed by atoms with Crippen LogP contribution in [0.25, 0.3) is 10.9 Å². The first-order valence-electron chi connectivity index (χ1n) is 6.66. The maximum Gasteiger partial charge on any atom is 0.323 e. The monoisotopic (exact) mass is 289 g/mol. The maximum atomic E-state index is 12.1. The summed E-state index contributed by atoms with van der Waals surface area (Å²) in [4.78, 5) is 32.2. The van der Waals surface area contributed by atoms with Crippen LogP contribution in [0, 0.1) is 6.92 Å². The van der Waals surface area contributed by atoms with Gasteiger partial charge in [0.05, 0.1) is 17.4 Å². The molecule has 112 valence electrons. The van der Waals surface area contributed by atoms with Crippen molar-refractivity contribution in [1.29, 1.82) is 0 Å². The van der Waals surface area contributed by atoms with E-state index in [-0.39, 0.29) is 12.1 Å². The zero-order valence-electron chi connectivity index (χ0n) is 12.6. The van der Waals surface area contributed by atoms with Crippen molar-refractivity contribution in [2.24, 2.45) is 0 Å². The van der Waals surface area contributed by atoms with Crippen molar-refractivity contribution < 1.29 is 9.90 Å². The molecule has 2 rings (SSSR count). The molecule has 0 atom stereocenters. The molecule has 0 bridgehead atoms. The predicted octanol–water partition coefficient (Wildman–Crippen LogP) is 1.53. The molecule has 2 N–H and O–H groups in total. The Bertz CT molecular complexity index is 749. The second kappa shape index (κ2) is 5.29. The summed E-state index contributed by atoms with van der Waals surface area (Å²) in [5.74, 6) is -0.469. The van der Waals surface area contributed by atoms with E-state index in [2.05, 4.69) is 9.97 Å². The first-order valence-corrected chi connectivity index (χ1v) is 6.66. The number of hydrogen-bond donors (Lipinski definition) is 2. The third kappa shape index (κ3) is 2.80. The lowest BCUT2D eigenvalue weighted by atomic mass is 10.0. The summed E-state index contributed by atoms with van der Waals surface area (Å²) in [6.45, 7) is 5.36. The molecule has 0 spiro atoms. The first-order chi connectivity index (χ1) is 9.73. The van der Waals surface area contributed by atoms with Crippen molar-refractivity contribution in [1.82, 2.24) is 14.9 Å². The van der Waals surface area contributed by atoms with Crippen molar-refractivity contribution >= 4 is 16.9 Å². The van der Waals surface area contributed by atoms with Crippen LogP contribution in [0.1, 0.15) is 25.2 Å². The van der Waals surface area contributed by atoms with Crippen LogP contribution in [0.2, 0.25) is 0 Å². The fourth-order valence-corrected chi connectivity index (χ4v) is 2.01. The lowest BCUT2D eigenvalue weighted by Gasteiger charge is -2.30. The smallest absolute Gasteiger partial charge is 0.323 e. The number of para-hydroxylation sites is 1. The van der Waals surface area contributed by atoms with Crippen molar-refractivity contribution in [3.63, 3.8) is 0 Å². The highest BCUT2D eigenvalue weighted by atomic mass is 16.4. The molecule has 1 aromatic heterocycles. The molecule has 0 radical (unpaired) electrons. The van der Waals surface area contributed by atoms with Crippen LogP contribution in [-0.4, -0.2) is 38.5 Å². The summed E-state index contributed by atoms with van der Waals surface area (Å²) in [6.07, 6.45) is 0. The van der Waals surface area contributed by atoms with Gasteiger partial charge in [0.15, 0.2) is 0 Å². The van der Waals surface area contributed by atoms with Gasteiger partial charge >= 0.3 is 5.97 Å². The Balaban J connectivity index is 2.43. The van der Waals surface area contributed by atoms with Gasteiger partial charge in [-0.3, -0.25) is 14.5 Å². The second-order valence-corrected chi connectivity index (χ2v) is 5.70. The number of rotatable bonds is 4. The molecule has 0 amide bonds. The molecule has 0 aliphatic heterocycles. The van der Waals surface area contributed by atoms with Gasteiger partial charge in [0.2, 0.25) is 0 Å². The average molecular weight is 289 g/mol. The van der Waals surface area contributed by atoms with E-state index in [0.717, 1.165) is 5.56 Å². The van der Waals surface area contributed by atoms with Crippen molar-refractivity contribution in [2.75, 3.05) is 7.05 Å². The molecule has 0 aliphatic carbocycles. The molecule has 2 aromatic rings. The number of carboxylic acids is 1. The fourth-order valence-electron chi connectivity index (χ4n) is 2.01. The molecule has 0 saturated heterocycles. The number of benzene rings is 1. The van der Waals surface area contributed by atoms with Gasteiger partial charge in [0.25, 0.3) is 5.56 Å². The predicted molar refractivity (Wildman–Crippen MR) is 80.3 cm³/mol. The fraction of sp³-hybridized carbons (Fsp3) is 0.400. The van der Waals surface area contributed by atoms with E-state index in [0.29, 0.717) is 16.7 Å². The Morgan fingerprint density at radius 1 is 1.43 bits per heavy atom. The number of fused-ring (bicyclic) bond motifs is 1. The number of carbonyl (C=O) groups is 1. The number of carboxylic acid groups (broad SMARTS) is 1. The highest BCUT2D eigenvalue weighted by Gasteiger charge is 2.32. The Labute approximate surface area is 122 Å². The number of aromatic amines is 1.